The summed E-state index contributed by atoms with van der Waals surface area (Å²) < 4.78 is 0. The van der Waals surface area contributed by atoms with Gasteiger partial charge in [-0.15, -0.1) is 0 Å². The number of hydrogen-bond acceptors (Lipinski definition) is 1. The Balaban J connectivity index is 2.46. The molecule has 2 unspecified atom stereocenters. The largest absolute Gasteiger partial charge is 0.314 e. The highest BCUT2D eigenvalue weighted by molar-refractivity contribution is 5.24. The molecule has 0 spiro atoms. The van der Waals surface area contributed by atoms with Gasteiger partial charge in [0.1, 0.15) is 0 Å². The highest BCUT2D eigenvalue weighted by Crippen LogP contribution is 2.14. The molecule has 1 aromatic rings. The van der Waals surface area contributed by atoms with Crippen LogP contribution in [0.1, 0.15) is 44.2 Å². The Morgan fingerprint density at radius 3 is 2.27 bits per heavy atom. The molecule has 0 aliphatic rings. The fraction of sp³-hybridized carbons (Fsp3) is 0.571. The van der Waals surface area contributed by atoms with E-state index in [-0.39, 0.29) is 0 Å². The van der Waals surface area contributed by atoms with E-state index in [1.54, 1.807) is 0 Å². The molecule has 0 bridgehead atoms. The normalized spacial score (nSPS) is 14.9. The minimum absolute atomic E-state index is 0.597. The van der Waals surface area contributed by atoms with Crippen LogP contribution in [0.15, 0.2) is 24.3 Å². The van der Waals surface area contributed by atoms with Crippen LogP contribution in [0.3, 0.4) is 0 Å². The maximum atomic E-state index is 3.55. The highest BCUT2D eigenvalue weighted by Gasteiger charge is 2.06. The Morgan fingerprint density at radius 2 is 1.73 bits per heavy atom. The van der Waals surface area contributed by atoms with Crippen LogP contribution in [0, 0.1) is 6.92 Å². The predicted octanol–water partition coefficient (Wildman–Crippen LogP) is 3.49. The number of benzene rings is 1. The predicted molar refractivity (Wildman–Crippen MR) is 67.3 cm³/mol. The van der Waals surface area contributed by atoms with Crippen LogP contribution >= 0.6 is 0 Å². The number of rotatable bonds is 5. The van der Waals surface area contributed by atoms with Gasteiger partial charge >= 0.3 is 0 Å². The van der Waals surface area contributed by atoms with Crippen molar-refractivity contribution >= 4 is 0 Å². The second kappa shape index (κ2) is 5.92. The van der Waals surface area contributed by atoms with Gasteiger partial charge in [-0.05, 0) is 31.7 Å². The fourth-order valence-electron chi connectivity index (χ4n) is 1.54. The summed E-state index contributed by atoms with van der Waals surface area (Å²) in [6, 6.07) is 9.47. The summed E-state index contributed by atoms with van der Waals surface area (Å²) in [6.07, 6.45) is 1.20. The van der Waals surface area contributed by atoms with Gasteiger partial charge in [0.25, 0.3) is 0 Å². The van der Waals surface area contributed by atoms with Gasteiger partial charge in [-0.2, -0.15) is 0 Å². The van der Waals surface area contributed by atoms with Crippen molar-refractivity contribution in [2.24, 2.45) is 0 Å². The molecule has 1 N–H and O–H groups in total. The smallest absolute Gasteiger partial charge is 0.00363 e. The van der Waals surface area contributed by atoms with E-state index in [9.17, 15) is 0 Å². The summed E-state index contributed by atoms with van der Waals surface area (Å²) in [5, 5.41) is 3.55. The van der Waals surface area contributed by atoms with E-state index >= 15 is 0 Å². The monoisotopic (exact) mass is 205 g/mol. The van der Waals surface area contributed by atoms with Crippen LogP contribution in [0.25, 0.3) is 0 Å². The fourth-order valence-corrected chi connectivity index (χ4v) is 1.54. The first-order valence-electron chi connectivity index (χ1n) is 5.93. The Morgan fingerprint density at radius 1 is 1.13 bits per heavy atom. The molecule has 0 amide bonds. The molecule has 15 heavy (non-hydrogen) atoms. The van der Waals surface area contributed by atoms with Gasteiger partial charge in [-0.1, -0.05) is 43.7 Å². The molecule has 0 heterocycles. The van der Waals surface area contributed by atoms with Crippen molar-refractivity contribution in [3.63, 3.8) is 0 Å². The van der Waals surface area contributed by atoms with E-state index < -0.39 is 0 Å². The van der Waals surface area contributed by atoms with Crippen molar-refractivity contribution in [2.75, 3.05) is 6.54 Å². The van der Waals surface area contributed by atoms with Crippen molar-refractivity contribution in [3.05, 3.63) is 35.4 Å². The second-order valence-corrected chi connectivity index (χ2v) is 4.53. The van der Waals surface area contributed by atoms with Crippen molar-refractivity contribution in [1.29, 1.82) is 0 Å². The molecule has 0 aliphatic heterocycles. The Hall–Kier alpha value is -0.820. The summed E-state index contributed by atoms with van der Waals surface area (Å²) in [6.45, 7) is 9.93. The topological polar surface area (TPSA) is 12.0 Å². The van der Waals surface area contributed by atoms with E-state index in [4.69, 9.17) is 0 Å². The van der Waals surface area contributed by atoms with Gasteiger partial charge < -0.3 is 5.32 Å². The molecule has 84 valence electrons. The van der Waals surface area contributed by atoms with Crippen molar-refractivity contribution < 1.29 is 0 Å². The third kappa shape index (κ3) is 4.05. The molecule has 0 radical (unpaired) electrons. The van der Waals surface area contributed by atoms with Gasteiger partial charge in [0.15, 0.2) is 0 Å². The molecule has 0 saturated heterocycles. The van der Waals surface area contributed by atoms with Crippen molar-refractivity contribution in [2.45, 2.75) is 46.1 Å². The zero-order chi connectivity index (χ0) is 11.3. The average molecular weight is 205 g/mol. The highest BCUT2D eigenvalue weighted by atomic mass is 14.9. The van der Waals surface area contributed by atoms with E-state index in [1.807, 2.05) is 0 Å². The molecular formula is C14H23N. The zero-order valence-corrected chi connectivity index (χ0v) is 10.4. The molecule has 1 rings (SSSR count). The number of hydrogen-bond donors (Lipinski definition) is 1. The molecule has 0 saturated carbocycles. The van der Waals surface area contributed by atoms with Crippen LogP contribution in [-0.2, 0) is 0 Å². The van der Waals surface area contributed by atoms with Gasteiger partial charge in [-0.3, -0.25) is 0 Å². The van der Waals surface area contributed by atoms with Gasteiger partial charge in [0.2, 0.25) is 0 Å². The lowest BCUT2D eigenvalue weighted by Gasteiger charge is -2.17. The first-order valence-corrected chi connectivity index (χ1v) is 5.93. The molecule has 1 aromatic carbocycles. The van der Waals surface area contributed by atoms with Crippen LogP contribution in [0.5, 0.6) is 0 Å². The maximum Gasteiger partial charge on any atom is 0.00363 e. The standard InChI is InChI=1S/C14H23N/c1-5-13(4)15-10-12(3)14-8-6-11(2)7-9-14/h6-9,12-13,15H,5,10H2,1-4H3. The summed E-state index contributed by atoms with van der Waals surface area (Å²) >= 11 is 0. The van der Waals surface area contributed by atoms with Crippen LogP contribution in [0.2, 0.25) is 0 Å². The molecule has 0 aromatic heterocycles. The quantitative estimate of drug-likeness (QED) is 0.776. The first kappa shape index (κ1) is 12.3. The summed E-state index contributed by atoms with van der Waals surface area (Å²) in [5.41, 5.74) is 2.76. The lowest BCUT2D eigenvalue weighted by molar-refractivity contribution is 0.508. The summed E-state index contributed by atoms with van der Waals surface area (Å²) in [5.74, 6) is 0.597. The molecule has 0 fully saturated rings. The summed E-state index contributed by atoms with van der Waals surface area (Å²) in [4.78, 5) is 0. The third-order valence-electron chi connectivity index (χ3n) is 3.03. The van der Waals surface area contributed by atoms with Crippen molar-refractivity contribution in [1.82, 2.24) is 5.32 Å². The van der Waals surface area contributed by atoms with Crippen LogP contribution in [0.4, 0.5) is 0 Å². The average Bonchev–Trinajstić information content (AvgIpc) is 2.26. The van der Waals surface area contributed by atoms with E-state index in [0.29, 0.717) is 12.0 Å². The SMILES string of the molecule is CCC(C)NCC(C)c1ccc(C)cc1. The molecule has 1 nitrogen and oxygen atoms in total. The molecule has 1 heteroatoms. The van der Waals surface area contributed by atoms with Gasteiger partial charge in [0.05, 0.1) is 0 Å². The maximum absolute atomic E-state index is 3.55. The third-order valence-corrected chi connectivity index (χ3v) is 3.03. The van der Waals surface area contributed by atoms with Gasteiger partial charge in [-0.25, -0.2) is 0 Å². The molecular weight excluding hydrogens is 182 g/mol. The Labute approximate surface area is 93.9 Å². The number of nitrogens with one attached hydrogen (secondary N) is 1. The minimum Gasteiger partial charge on any atom is -0.314 e. The van der Waals surface area contributed by atoms with Crippen LogP contribution in [-0.4, -0.2) is 12.6 Å². The molecule has 0 aliphatic carbocycles. The second-order valence-electron chi connectivity index (χ2n) is 4.53. The van der Waals surface area contributed by atoms with Crippen molar-refractivity contribution in [3.8, 4) is 0 Å². The zero-order valence-electron chi connectivity index (χ0n) is 10.4. The first-order chi connectivity index (χ1) is 7.13. The Bertz CT molecular complexity index is 276. The van der Waals surface area contributed by atoms with Gasteiger partial charge in [0, 0.05) is 12.6 Å². The van der Waals surface area contributed by atoms with E-state index in [2.05, 4.69) is 57.3 Å². The van der Waals surface area contributed by atoms with E-state index in [1.165, 1.54) is 17.5 Å². The van der Waals surface area contributed by atoms with Crippen LogP contribution < -0.4 is 5.32 Å². The summed E-state index contributed by atoms with van der Waals surface area (Å²) in [7, 11) is 0. The lowest BCUT2D eigenvalue weighted by Crippen LogP contribution is -2.28. The minimum atomic E-state index is 0.597. The Kier molecular flexibility index (Phi) is 4.83. The number of aryl methyl sites for hydroxylation is 1. The molecule has 2 atom stereocenters. The van der Waals surface area contributed by atoms with E-state index in [0.717, 1.165) is 6.54 Å². The lowest BCUT2D eigenvalue weighted by atomic mass is 10.00.